The lowest BCUT2D eigenvalue weighted by Crippen LogP contribution is -2.37. The average Bonchev–Trinajstić information content (AvgIpc) is 2.44. The summed E-state index contributed by atoms with van der Waals surface area (Å²) in [6.45, 7) is 3.90. The minimum atomic E-state index is -0.704. The van der Waals surface area contributed by atoms with Crippen molar-refractivity contribution in [1.29, 1.82) is 0 Å². The van der Waals surface area contributed by atoms with Crippen molar-refractivity contribution in [2.45, 2.75) is 38.6 Å². The van der Waals surface area contributed by atoms with Crippen molar-refractivity contribution in [2.24, 2.45) is 5.92 Å². The standard InChI is InChI=1S/C16H22BrNO3/c1-2-14(13-10-12(17)3-4-15(13)19)18-7-5-11(6-8-18)9-16(20)21/h3-4,10-11,14,19H,2,5-9H2,1H3,(H,20,21). The van der Waals surface area contributed by atoms with E-state index in [0.29, 0.717) is 5.75 Å². The topological polar surface area (TPSA) is 60.8 Å². The Kier molecular flexibility index (Phi) is 5.65. The largest absolute Gasteiger partial charge is 0.508 e. The van der Waals surface area contributed by atoms with Gasteiger partial charge in [0.15, 0.2) is 0 Å². The number of likely N-dealkylation sites (tertiary alicyclic amines) is 1. The highest BCUT2D eigenvalue weighted by Gasteiger charge is 2.27. The van der Waals surface area contributed by atoms with Gasteiger partial charge in [0.1, 0.15) is 5.75 Å². The SMILES string of the molecule is CCC(c1cc(Br)ccc1O)N1CCC(CC(=O)O)CC1. The maximum absolute atomic E-state index is 10.8. The molecule has 4 nitrogen and oxygen atoms in total. The molecule has 0 aromatic heterocycles. The summed E-state index contributed by atoms with van der Waals surface area (Å²) < 4.78 is 0.967. The number of phenolic OH excluding ortho intramolecular Hbond substituents is 1. The Hall–Kier alpha value is -1.07. The van der Waals surface area contributed by atoms with Crippen LogP contribution in [0.1, 0.15) is 44.2 Å². The lowest BCUT2D eigenvalue weighted by Gasteiger charge is -2.37. The van der Waals surface area contributed by atoms with Crippen molar-refractivity contribution >= 4 is 21.9 Å². The summed E-state index contributed by atoms with van der Waals surface area (Å²) in [4.78, 5) is 13.2. The molecule has 116 valence electrons. The first-order valence-corrected chi connectivity index (χ1v) is 8.24. The van der Waals surface area contributed by atoms with Gasteiger partial charge in [0.05, 0.1) is 0 Å². The molecule has 1 fully saturated rings. The summed E-state index contributed by atoms with van der Waals surface area (Å²) in [5.41, 5.74) is 0.948. The van der Waals surface area contributed by atoms with Crippen LogP contribution in [0.25, 0.3) is 0 Å². The molecule has 21 heavy (non-hydrogen) atoms. The van der Waals surface area contributed by atoms with Crippen LogP contribution < -0.4 is 0 Å². The summed E-state index contributed by atoms with van der Waals surface area (Å²) >= 11 is 3.46. The molecule has 1 unspecified atom stereocenters. The van der Waals surface area contributed by atoms with E-state index in [1.807, 2.05) is 12.1 Å². The van der Waals surface area contributed by atoms with Gasteiger partial charge in [-0.25, -0.2) is 0 Å². The molecule has 0 amide bonds. The number of piperidine rings is 1. The maximum Gasteiger partial charge on any atom is 0.303 e. The Morgan fingerprint density at radius 1 is 1.43 bits per heavy atom. The molecular weight excluding hydrogens is 334 g/mol. The van der Waals surface area contributed by atoms with Gasteiger partial charge < -0.3 is 10.2 Å². The Bertz CT molecular complexity index is 498. The molecule has 1 saturated heterocycles. The Labute approximate surface area is 133 Å². The predicted molar refractivity (Wildman–Crippen MR) is 85.4 cm³/mol. The van der Waals surface area contributed by atoms with Crippen LogP contribution in [0, 0.1) is 5.92 Å². The molecule has 0 radical (unpaired) electrons. The number of nitrogens with zero attached hydrogens (tertiary/aromatic N) is 1. The van der Waals surface area contributed by atoms with Crippen LogP contribution in [0.2, 0.25) is 0 Å². The van der Waals surface area contributed by atoms with E-state index in [-0.39, 0.29) is 18.4 Å². The van der Waals surface area contributed by atoms with Crippen LogP contribution in [0.3, 0.4) is 0 Å². The molecular formula is C16H22BrNO3. The fraction of sp³-hybridized carbons (Fsp3) is 0.562. The van der Waals surface area contributed by atoms with E-state index in [1.165, 1.54) is 0 Å². The van der Waals surface area contributed by atoms with E-state index in [4.69, 9.17) is 5.11 Å². The summed E-state index contributed by atoms with van der Waals surface area (Å²) in [6.07, 6.45) is 3.02. The number of hydrogen-bond donors (Lipinski definition) is 2. The highest BCUT2D eigenvalue weighted by molar-refractivity contribution is 9.10. The molecule has 1 aromatic carbocycles. The van der Waals surface area contributed by atoms with Gasteiger partial charge >= 0.3 is 5.97 Å². The van der Waals surface area contributed by atoms with Gasteiger partial charge in [-0.2, -0.15) is 0 Å². The summed E-state index contributed by atoms with van der Waals surface area (Å²) in [5.74, 6) is -0.0878. The van der Waals surface area contributed by atoms with E-state index < -0.39 is 5.97 Å². The highest BCUT2D eigenvalue weighted by atomic mass is 79.9. The quantitative estimate of drug-likeness (QED) is 0.843. The number of aromatic hydroxyl groups is 1. The van der Waals surface area contributed by atoms with Gasteiger partial charge in [-0.15, -0.1) is 0 Å². The van der Waals surface area contributed by atoms with Crippen LogP contribution in [0.15, 0.2) is 22.7 Å². The second-order valence-corrected chi connectivity index (χ2v) is 6.62. The molecule has 5 heteroatoms. The third-order valence-corrected chi connectivity index (χ3v) is 4.78. The summed E-state index contributed by atoms with van der Waals surface area (Å²) in [5, 5.41) is 19.0. The smallest absolute Gasteiger partial charge is 0.303 e. The molecule has 0 saturated carbocycles. The fourth-order valence-corrected chi connectivity index (χ4v) is 3.56. The van der Waals surface area contributed by atoms with Crippen molar-refractivity contribution in [3.8, 4) is 5.75 Å². The molecule has 1 aliphatic rings. The number of phenols is 1. The van der Waals surface area contributed by atoms with E-state index in [1.54, 1.807) is 6.07 Å². The maximum atomic E-state index is 10.8. The number of carbonyl (C=O) groups is 1. The predicted octanol–water partition coefficient (Wildman–Crippen LogP) is 3.79. The summed E-state index contributed by atoms with van der Waals surface area (Å²) in [7, 11) is 0. The highest BCUT2D eigenvalue weighted by Crippen LogP contribution is 2.35. The van der Waals surface area contributed by atoms with Crippen LogP contribution in [0.5, 0.6) is 5.75 Å². The van der Waals surface area contributed by atoms with Gasteiger partial charge in [0.2, 0.25) is 0 Å². The van der Waals surface area contributed by atoms with Crippen molar-refractivity contribution in [3.63, 3.8) is 0 Å². The van der Waals surface area contributed by atoms with Crippen LogP contribution >= 0.6 is 15.9 Å². The van der Waals surface area contributed by atoms with Crippen molar-refractivity contribution in [3.05, 3.63) is 28.2 Å². The first-order chi connectivity index (χ1) is 10.0. The van der Waals surface area contributed by atoms with Crippen LogP contribution in [-0.2, 0) is 4.79 Å². The third-order valence-electron chi connectivity index (χ3n) is 4.29. The number of carboxylic acid groups (broad SMARTS) is 1. The monoisotopic (exact) mass is 355 g/mol. The Morgan fingerprint density at radius 3 is 2.67 bits per heavy atom. The van der Waals surface area contributed by atoms with Crippen molar-refractivity contribution < 1.29 is 15.0 Å². The second kappa shape index (κ2) is 7.27. The van der Waals surface area contributed by atoms with Crippen molar-refractivity contribution in [1.82, 2.24) is 4.90 Å². The van der Waals surface area contributed by atoms with E-state index >= 15 is 0 Å². The van der Waals surface area contributed by atoms with Gasteiger partial charge in [0.25, 0.3) is 0 Å². The number of carboxylic acids is 1. The normalized spacial score (nSPS) is 18.6. The van der Waals surface area contributed by atoms with E-state index in [9.17, 15) is 9.90 Å². The number of aliphatic carboxylic acids is 1. The fourth-order valence-electron chi connectivity index (χ4n) is 3.18. The summed E-state index contributed by atoms with van der Waals surface area (Å²) in [6, 6.07) is 5.73. The second-order valence-electron chi connectivity index (χ2n) is 5.70. The zero-order valence-electron chi connectivity index (χ0n) is 12.3. The lowest BCUT2D eigenvalue weighted by molar-refractivity contribution is -0.138. The number of rotatable bonds is 5. The van der Waals surface area contributed by atoms with Crippen molar-refractivity contribution in [2.75, 3.05) is 13.1 Å². The van der Waals surface area contributed by atoms with E-state index in [0.717, 1.165) is 42.4 Å². The minimum absolute atomic E-state index is 0.188. The molecule has 1 heterocycles. The van der Waals surface area contributed by atoms with Gasteiger partial charge in [0, 0.05) is 22.5 Å². The molecule has 2 rings (SSSR count). The zero-order valence-corrected chi connectivity index (χ0v) is 13.8. The number of benzene rings is 1. The van der Waals surface area contributed by atoms with Gasteiger partial charge in [-0.1, -0.05) is 22.9 Å². The number of hydrogen-bond acceptors (Lipinski definition) is 3. The molecule has 1 atom stereocenters. The molecule has 1 aliphatic heterocycles. The first-order valence-electron chi connectivity index (χ1n) is 7.45. The van der Waals surface area contributed by atoms with Gasteiger partial charge in [-0.3, -0.25) is 9.69 Å². The molecule has 0 bridgehead atoms. The minimum Gasteiger partial charge on any atom is -0.508 e. The molecule has 0 aliphatic carbocycles. The van der Waals surface area contributed by atoms with E-state index in [2.05, 4.69) is 27.8 Å². The van der Waals surface area contributed by atoms with Gasteiger partial charge in [-0.05, 0) is 56.5 Å². The molecule has 1 aromatic rings. The third kappa shape index (κ3) is 4.20. The lowest BCUT2D eigenvalue weighted by atomic mass is 9.91. The first kappa shape index (κ1) is 16.3. The Morgan fingerprint density at radius 2 is 2.10 bits per heavy atom. The molecule has 2 N–H and O–H groups in total. The molecule has 0 spiro atoms. The zero-order chi connectivity index (χ0) is 15.4. The average molecular weight is 356 g/mol. The van der Waals surface area contributed by atoms with Crippen LogP contribution in [0.4, 0.5) is 0 Å². The number of halogens is 1. The van der Waals surface area contributed by atoms with Crippen LogP contribution in [-0.4, -0.2) is 34.2 Å². The Balaban J connectivity index is 2.06.